The Kier molecular flexibility index (Phi) is 4.37. The third-order valence-corrected chi connectivity index (χ3v) is 5.21. The zero-order valence-electron chi connectivity index (χ0n) is 16.2. The van der Waals surface area contributed by atoms with Crippen LogP contribution in [0, 0.1) is 0 Å². The first-order valence-electron chi connectivity index (χ1n) is 9.73. The van der Waals surface area contributed by atoms with Crippen LogP contribution in [0.15, 0.2) is 103 Å². The highest BCUT2D eigenvalue weighted by Gasteiger charge is 2.13. The van der Waals surface area contributed by atoms with Crippen molar-refractivity contribution >= 4 is 11.6 Å². The van der Waals surface area contributed by atoms with Gasteiger partial charge in [0.1, 0.15) is 5.65 Å². The summed E-state index contributed by atoms with van der Waals surface area (Å²) in [5.74, 6) is -0.433. The van der Waals surface area contributed by atoms with Crippen LogP contribution in [0.1, 0.15) is 10.4 Å². The van der Waals surface area contributed by atoms with Crippen molar-refractivity contribution in [2.45, 2.75) is 0 Å². The highest BCUT2D eigenvalue weighted by molar-refractivity contribution is 5.94. The Balaban J connectivity index is 1.73. The van der Waals surface area contributed by atoms with E-state index < -0.39 is 5.91 Å². The maximum Gasteiger partial charge on any atom is 0.248 e. The fraction of sp³-hybridized carbons (Fsp3) is 0. The summed E-state index contributed by atoms with van der Waals surface area (Å²) >= 11 is 0. The molecule has 30 heavy (non-hydrogen) atoms. The standard InChI is InChI=1S/C26H19N3O/c27-25(30)21-13-11-19(12-14-21)23-15-22(18-7-3-1-4-8-18)16-29-17-24(28-26(23)29)20-9-5-2-6-10-20/h1-17H,(H2,27,30). The Hall–Kier alpha value is -4.18. The van der Waals surface area contributed by atoms with Crippen LogP contribution in [0.25, 0.3) is 39.2 Å². The largest absolute Gasteiger partial charge is 0.366 e. The predicted molar refractivity (Wildman–Crippen MR) is 120 cm³/mol. The number of aromatic nitrogens is 2. The summed E-state index contributed by atoms with van der Waals surface area (Å²) in [6.45, 7) is 0. The van der Waals surface area contributed by atoms with E-state index in [-0.39, 0.29) is 0 Å². The lowest BCUT2D eigenvalue weighted by molar-refractivity contribution is 0.100. The van der Waals surface area contributed by atoms with Gasteiger partial charge in [-0.3, -0.25) is 4.79 Å². The average Bonchev–Trinajstić information content (AvgIpc) is 3.24. The molecule has 0 saturated heterocycles. The molecule has 0 aliphatic carbocycles. The van der Waals surface area contributed by atoms with Crippen LogP contribution >= 0.6 is 0 Å². The first-order valence-corrected chi connectivity index (χ1v) is 9.73. The van der Waals surface area contributed by atoms with Gasteiger partial charge in [-0.05, 0) is 34.9 Å². The molecule has 0 spiro atoms. The predicted octanol–water partition coefficient (Wildman–Crippen LogP) is 5.43. The van der Waals surface area contributed by atoms with Crippen LogP contribution in [-0.2, 0) is 0 Å². The van der Waals surface area contributed by atoms with Crippen molar-refractivity contribution in [3.63, 3.8) is 0 Å². The molecular formula is C26H19N3O. The quantitative estimate of drug-likeness (QED) is 0.445. The van der Waals surface area contributed by atoms with Crippen molar-refractivity contribution in [1.82, 2.24) is 9.38 Å². The number of nitrogens with zero attached hydrogens (tertiary/aromatic N) is 2. The molecule has 2 heterocycles. The number of nitrogens with two attached hydrogens (primary N) is 1. The number of rotatable bonds is 4. The summed E-state index contributed by atoms with van der Waals surface area (Å²) in [5.41, 5.74) is 12.9. The maximum atomic E-state index is 11.5. The van der Waals surface area contributed by atoms with Gasteiger partial charge in [-0.15, -0.1) is 0 Å². The summed E-state index contributed by atoms with van der Waals surface area (Å²) in [6, 6.07) is 29.9. The molecule has 3 aromatic carbocycles. The number of fused-ring (bicyclic) bond motifs is 1. The molecule has 0 bridgehead atoms. The minimum atomic E-state index is -0.433. The third-order valence-electron chi connectivity index (χ3n) is 5.21. The zero-order valence-corrected chi connectivity index (χ0v) is 16.2. The molecular weight excluding hydrogens is 370 g/mol. The van der Waals surface area contributed by atoms with Gasteiger partial charge in [0, 0.05) is 29.1 Å². The fourth-order valence-corrected chi connectivity index (χ4v) is 3.66. The molecule has 0 radical (unpaired) electrons. The lowest BCUT2D eigenvalue weighted by atomic mass is 10.0. The molecule has 4 nitrogen and oxygen atoms in total. The van der Waals surface area contributed by atoms with Crippen molar-refractivity contribution in [3.05, 3.63) is 109 Å². The maximum absolute atomic E-state index is 11.5. The number of hydrogen-bond acceptors (Lipinski definition) is 2. The van der Waals surface area contributed by atoms with Gasteiger partial charge in [-0.1, -0.05) is 72.8 Å². The highest BCUT2D eigenvalue weighted by Crippen LogP contribution is 2.32. The lowest BCUT2D eigenvalue weighted by Crippen LogP contribution is -2.10. The van der Waals surface area contributed by atoms with Gasteiger partial charge in [0.05, 0.1) is 5.69 Å². The normalized spacial score (nSPS) is 10.9. The van der Waals surface area contributed by atoms with Crippen molar-refractivity contribution < 1.29 is 4.79 Å². The van der Waals surface area contributed by atoms with Crippen LogP contribution in [0.4, 0.5) is 0 Å². The Morgan fingerprint density at radius 1 is 0.700 bits per heavy atom. The van der Waals surface area contributed by atoms with E-state index in [1.807, 2.05) is 48.5 Å². The van der Waals surface area contributed by atoms with Gasteiger partial charge in [-0.2, -0.15) is 0 Å². The Labute approximate surface area is 174 Å². The van der Waals surface area contributed by atoms with E-state index in [9.17, 15) is 4.79 Å². The number of hydrogen-bond donors (Lipinski definition) is 1. The van der Waals surface area contributed by atoms with Gasteiger partial charge in [0.15, 0.2) is 0 Å². The number of carbonyl (C=O) groups excluding carboxylic acids is 1. The van der Waals surface area contributed by atoms with Crippen LogP contribution in [-0.4, -0.2) is 15.3 Å². The SMILES string of the molecule is NC(=O)c1ccc(-c2cc(-c3ccccc3)cn3cc(-c4ccccc4)nc23)cc1. The van der Waals surface area contributed by atoms with E-state index in [0.29, 0.717) is 5.56 Å². The van der Waals surface area contributed by atoms with Crippen LogP contribution in [0.3, 0.4) is 0 Å². The topological polar surface area (TPSA) is 60.4 Å². The highest BCUT2D eigenvalue weighted by atomic mass is 16.1. The van der Waals surface area contributed by atoms with Crippen LogP contribution in [0.2, 0.25) is 0 Å². The molecule has 2 aromatic heterocycles. The first kappa shape index (κ1) is 17.9. The van der Waals surface area contributed by atoms with E-state index in [4.69, 9.17) is 10.7 Å². The molecule has 1 amide bonds. The van der Waals surface area contributed by atoms with Gasteiger partial charge in [0.2, 0.25) is 5.91 Å². The van der Waals surface area contributed by atoms with Crippen LogP contribution in [0.5, 0.6) is 0 Å². The summed E-state index contributed by atoms with van der Waals surface area (Å²) in [7, 11) is 0. The minimum absolute atomic E-state index is 0.433. The van der Waals surface area contributed by atoms with E-state index in [2.05, 4.69) is 47.1 Å². The summed E-state index contributed by atoms with van der Waals surface area (Å²) < 4.78 is 2.07. The van der Waals surface area contributed by atoms with E-state index in [1.165, 1.54) is 0 Å². The van der Waals surface area contributed by atoms with Gasteiger partial charge in [0.25, 0.3) is 0 Å². The molecule has 0 atom stereocenters. The van der Waals surface area contributed by atoms with Gasteiger partial charge < -0.3 is 10.1 Å². The Bertz CT molecular complexity index is 1340. The molecule has 0 saturated carbocycles. The van der Waals surface area contributed by atoms with Crippen molar-refractivity contribution in [1.29, 1.82) is 0 Å². The van der Waals surface area contributed by atoms with Crippen molar-refractivity contribution in [2.75, 3.05) is 0 Å². The summed E-state index contributed by atoms with van der Waals surface area (Å²) in [6.07, 6.45) is 4.16. The molecule has 0 aliphatic rings. The minimum Gasteiger partial charge on any atom is -0.366 e. The van der Waals surface area contributed by atoms with E-state index in [1.54, 1.807) is 12.1 Å². The monoisotopic (exact) mass is 389 g/mol. The van der Waals surface area contributed by atoms with Crippen molar-refractivity contribution in [2.24, 2.45) is 5.73 Å². The molecule has 5 aromatic rings. The third kappa shape index (κ3) is 3.25. The lowest BCUT2D eigenvalue weighted by Gasteiger charge is -2.09. The Morgan fingerprint density at radius 3 is 1.97 bits per heavy atom. The molecule has 2 N–H and O–H groups in total. The zero-order chi connectivity index (χ0) is 20.5. The number of primary amides is 1. The van der Waals surface area contributed by atoms with Crippen LogP contribution < -0.4 is 5.73 Å². The molecule has 0 fully saturated rings. The van der Waals surface area contributed by atoms with Gasteiger partial charge in [-0.25, -0.2) is 4.98 Å². The Morgan fingerprint density at radius 2 is 1.33 bits per heavy atom. The second-order valence-corrected chi connectivity index (χ2v) is 7.17. The second-order valence-electron chi connectivity index (χ2n) is 7.17. The molecule has 144 valence electrons. The summed E-state index contributed by atoms with van der Waals surface area (Å²) in [4.78, 5) is 16.4. The second kappa shape index (κ2) is 7.33. The number of amides is 1. The average molecular weight is 389 g/mol. The first-order chi connectivity index (χ1) is 14.7. The molecule has 5 rings (SSSR count). The smallest absolute Gasteiger partial charge is 0.248 e. The number of pyridine rings is 1. The number of benzene rings is 3. The van der Waals surface area contributed by atoms with Crippen molar-refractivity contribution in [3.8, 4) is 33.5 Å². The van der Waals surface area contributed by atoms with E-state index in [0.717, 1.165) is 39.2 Å². The van der Waals surface area contributed by atoms with E-state index >= 15 is 0 Å². The van der Waals surface area contributed by atoms with Gasteiger partial charge >= 0.3 is 0 Å². The fourth-order valence-electron chi connectivity index (χ4n) is 3.66. The number of carbonyl (C=O) groups is 1. The molecule has 0 unspecified atom stereocenters. The summed E-state index contributed by atoms with van der Waals surface area (Å²) in [5, 5.41) is 0. The molecule has 4 heteroatoms. The number of imidazole rings is 1. The molecule has 0 aliphatic heterocycles.